The number of aromatic nitrogens is 1. The molecule has 0 fully saturated rings. The van der Waals surface area contributed by atoms with Gasteiger partial charge in [-0.1, -0.05) is 12.1 Å². The lowest BCUT2D eigenvalue weighted by Gasteiger charge is -2.10. The number of Topliss-reactive ketones (excluding diaryl/α,β-unsaturated/α-hetero) is 1. The molecule has 0 radical (unpaired) electrons. The molecule has 0 unspecified atom stereocenters. The summed E-state index contributed by atoms with van der Waals surface area (Å²) in [5.74, 6) is -0.287. The fourth-order valence-corrected chi connectivity index (χ4v) is 2.67. The third kappa shape index (κ3) is 3.24. The van der Waals surface area contributed by atoms with E-state index < -0.39 is 0 Å². The minimum Gasteiger partial charge on any atom is -0.395 e. The molecular weight excluding hydrogens is 246 g/mol. The molecule has 0 amide bonds. The largest absolute Gasteiger partial charge is 0.395 e. The van der Waals surface area contributed by atoms with E-state index in [1.54, 1.807) is 12.4 Å². The van der Waals surface area contributed by atoms with Crippen molar-refractivity contribution in [2.24, 2.45) is 0 Å². The third-order valence-corrected chi connectivity index (χ3v) is 3.83. The maximum atomic E-state index is 12.1. The van der Waals surface area contributed by atoms with Gasteiger partial charge in [0, 0.05) is 23.7 Å². The number of nitrogens with zero attached hydrogens (tertiary/aromatic N) is 1. The second-order valence-electron chi connectivity index (χ2n) is 4.08. The Hall–Kier alpha value is -1.52. The Morgan fingerprint density at radius 1 is 1.39 bits per heavy atom. The Kier molecular flexibility index (Phi) is 4.61. The number of aryl methyl sites for hydroxylation is 1. The molecular formula is C14H15NO2S. The van der Waals surface area contributed by atoms with Crippen molar-refractivity contribution < 1.29 is 9.90 Å². The lowest BCUT2D eigenvalue weighted by molar-refractivity contribution is -0.121. The average molecular weight is 261 g/mol. The summed E-state index contributed by atoms with van der Waals surface area (Å²) in [6.45, 7) is -0.119. The molecule has 0 bridgehead atoms. The first kappa shape index (κ1) is 12.9. The first-order valence-electron chi connectivity index (χ1n) is 5.87. The minimum absolute atomic E-state index is 0.0869. The number of aliphatic hydroxyl groups is 1. The average Bonchev–Trinajstić information content (AvgIpc) is 2.92. The normalized spacial score (nSPS) is 12.3. The van der Waals surface area contributed by atoms with E-state index in [9.17, 15) is 9.90 Å². The highest BCUT2D eigenvalue weighted by Gasteiger charge is 2.20. The number of carbonyl (C=O) groups is 1. The van der Waals surface area contributed by atoms with Crippen molar-refractivity contribution in [3.63, 3.8) is 0 Å². The Labute approximate surface area is 110 Å². The lowest BCUT2D eigenvalue weighted by atomic mass is 9.98. The molecule has 2 rings (SSSR count). The molecule has 0 aliphatic carbocycles. The fraction of sp³-hybridized carbons (Fsp3) is 0.286. The molecule has 0 aliphatic heterocycles. The number of pyridine rings is 1. The van der Waals surface area contributed by atoms with E-state index in [4.69, 9.17) is 0 Å². The molecule has 0 aromatic carbocycles. The van der Waals surface area contributed by atoms with E-state index in [1.807, 2.05) is 29.6 Å². The van der Waals surface area contributed by atoms with Crippen molar-refractivity contribution in [3.8, 4) is 0 Å². The summed E-state index contributed by atoms with van der Waals surface area (Å²) in [4.78, 5) is 17.0. The summed E-state index contributed by atoms with van der Waals surface area (Å²) < 4.78 is 0. The molecule has 94 valence electrons. The van der Waals surface area contributed by atoms with E-state index in [0.29, 0.717) is 12.8 Å². The van der Waals surface area contributed by atoms with Crippen LogP contribution in [-0.4, -0.2) is 22.5 Å². The molecule has 0 spiro atoms. The topological polar surface area (TPSA) is 50.2 Å². The number of ketones is 1. The van der Waals surface area contributed by atoms with Gasteiger partial charge >= 0.3 is 0 Å². The van der Waals surface area contributed by atoms with Crippen LogP contribution in [0.4, 0.5) is 0 Å². The molecule has 1 atom stereocenters. The second kappa shape index (κ2) is 6.42. The van der Waals surface area contributed by atoms with Gasteiger partial charge in [0.2, 0.25) is 0 Å². The Bertz CT molecular complexity index is 482. The molecule has 18 heavy (non-hydrogen) atoms. The smallest absolute Gasteiger partial charge is 0.143 e. The van der Waals surface area contributed by atoms with Gasteiger partial charge in [-0.25, -0.2) is 0 Å². The van der Waals surface area contributed by atoms with Gasteiger partial charge in [0.1, 0.15) is 5.78 Å². The zero-order valence-electron chi connectivity index (χ0n) is 9.95. The highest BCUT2D eigenvalue weighted by molar-refractivity contribution is 7.10. The highest BCUT2D eigenvalue weighted by Crippen LogP contribution is 2.23. The SMILES string of the molecule is O=C(CCc1cccnc1)[C@@H](CO)c1cccs1. The number of carbonyl (C=O) groups excluding carboxylic acids is 1. The van der Waals surface area contributed by atoms with Crippen molar-refractivity contribution in [1.29, 1.82) is 0 Å². The van der Waals surface area contributed by atoms with Crippen LogP contribution in [0.5, 0.6) is 0 Å². The molecule has 2 aromatic rings. The van der Waals surface area contributed by atoms with Crippen LogP contribution in [0.1, 0.15) is 22.8 Å². The van der Waals surface area contributed by atoms with Crippen LogP contribution in [0.3, 0.4) is 0 Å². The molecule has 3 nitrogen and oxygen atoms in total. The molecule has 0 aliphatic rings. The number of thiophene rings is 1. The summed E-state index contributed by atoms with van der Waals surface area (Å²) >= 11 is 1.51. The maximum absolute atomic E-state index is 12.1. The standard InChI is InChI=1S/C14H15NO2S/c16-10-12(14-4-2-8-18-14)13(17)6-5-11-3-1-7-15-9-11/h1-4,7-9,12,16H,5-6,10H2/t12-/m1/s1. The Morgan fingerprint density at radius 2 is 2.28 bits per heavy atom. The molecule has 1 N–H and O–H groups in total. The summed E-state index contributed by atoms with van der Waals surface area (Å²) in [7, 11) is 0. The molecule has 2 heterocycles. The van der Waals surface area contributed by atoms with Gasteiger partial charge in [-0.3, -0.25) is 9.78 Å². The first-order valence-corrected chi connectivity index (χ1v) is 6.75. The molecule has 2 aromatic heterocycles. The number of hydrogen-bond donors (Lipinski definition) is 1. The first-order chi connectivity index (χ1) is 8.81. The Morgan fingerprint density at radius 3 is 2.89 bits per heavy atom. The van der Waals surface area contributed by atoms with Crippen molar-refractivity contribution in [3.05, 3.63) is 52.5 Å². The summed E-state index contributed by atoms with van der Waals surface area (Å²) in [6.07, 6.45) is 4.60. The van der Waals surface area contributed by atoms with Crippen molar-refractivity contribution in [2.45, 2.75) is 18.8 Å². The molecule has 0 saturated carbocycles. The molecule has 0 saturated heterocycles. The summed E-state index contributed by atoms with van der Waals surface area (Å²) in [5, 5.41) is 11.3. The van der Waals surface area contributed by atoms with Crippen LogP contribution in [-0.2, 0) is 11.2 Å². The van der Waals surface area contributed by atoms with E-state index in [2.05, 4.69) is 4.98 Å². The summed E-state index contributed by atoms with van der Waals surface area (Å²) in [5.41, 5.74) is 1.05. The lowest BCUT2D eigenvalue weighted by Crippen LogP contribution is -2.16. The summed E-state index contributed by atoms with van der Waals surface area (Å²) in [6, 6.07) is 7.62. The van der Waals surface area contributed by atoms with Crippen molar-refractivity contribution in [1.82, 2.24) is 4.98 Å². The molecule has 4 heteroatoms. The van der Waals surface area contributed by atoms with Crippen LogP contribution < -0.4 is 0 Å². The van der Waals surface area contributed by atoms with Crippen LogP contribution in [0.2, 0.25) is 0 Å². The van der Waals surface area contributed by atoms with Gasteiger partial charge in [-0.05, 0) is 29.5 Å². The van der Waals surface area contributed by atoms with Crippen LogP contribution in [0.25, 0.3) is 0 Å². The van der Waals surface area contributed by atoms with Gasteiger partial charge in [0.25, 0.3) is 0 Å². The zero-order chi connectivity index (χ0) is 12.8. The predicted octanol–water partition coefficient (Wildman–Crippen LogP) is 2.42. The van der Waals surface area contributed by atoms with Crippen LogP contribution in [0, 0.1) is 0 Å². The monoisotopic (exact) mass is 261 g/mol. The van der Waals surface area contributed by atoms with Crippen molar-refractivity contribution in [2.75, 3.05) is 6.61 Å². The second-order valence-corrected chi connectivity index (χ2v) is 5.06. The highest BCUT2D eigenvalue weighted by atomic mass is 32.1. The number of hydrogen-bond acceptors (Lipinski definition) is 4. The Balaban J connectivity index is 1.95. The zero-order valence-corrected chi connectivity index (χ0v) is 10.8. The van der Waals surface area contributed by atoms with Crippen molar-refractivity contribution >= 4 is 17.1 Å². The number of rotatable bonds is 6. The fourth-order valence-electron chi connectivity index (χ4n) is 1.83. The van der Waals surface area contributed by atoms with Gasteiger partial charge in [-0.15, -0.1) is 11.3 Å². The van der Waals surface area contributed by atoms with Gasteiger partial charge in [0.05, 0.1) is 12.5 Å². The number of aliphatic hydroxyl groups excluding tert-OH is 1. The van der Waals surface area contributed by atoms with E-state index >= 15 is 0 Å². The van der Waals surface area contributed by atoms with Crippen LogP contribution in [0.15, 0.2) is 42.0 Å². The quantitative estimate of drug-likeness (QED) is 0.868. The van der Waals surface area contributed by atoms with Gasteiger partial charge < -0.3 is 5.11 Å². The van der Waals surface area contributed by atoms with E-state index in [-0.39, 0.29) is 18.3 Å². The minimum atomic E-state index is -0.373. The third-order valence-electron chi connectivity index (χ3n) is 2.84. The maximum Gasteiger partial charge on any atom is 0.143 e. The van der Waals surface area contributed by atoms with Gasteiger partial charge in [-0.2, -0.15) is 0 Å². The van der Waals surface area contributed by atoms with E-state index in [1.165, 1.54) is 11.3 Å². The van der Waals surface area contributed by atoms with Crippen LogP contribution >= 0.6 is 11.3 Å². The predicted molar refractivity (Wildman–Crippen MR) is 71.7 cm³/mol. The van der Waals surface area contributed by atoms with E-state index in [0.717, 1.165) is 10.4 Å². The van der Waals surface area contributed by atoms with Gasteiger partial charge in [0.15, 0.2) is 0 Å².